The van der Waals surface area contributed by atoms with Crippen molar-refractivity contribution >= 4 is 46.2 Å². The molecule has 0 amide bonds. The molecule has 0 fully saturated rings. The molecular weight excluding hydrogens is 450 g/mol. The van der Waals surface area contributed by atoms with Crippen LogP contribution in [0.4, 0.5) is 0 Å². The van der Waals surface area contributed by atoms with Gasteiger partial charge in [-0.3, -0.25) is 9.59 Å². The Labute approximate surface area is 194 Å². The summed E-state index contributed by atoms with van der Waals surface area (Å²) >= 11 is 6.35. The number of para-hydroxylation sites is 1. The maximum absolute atomic E-state index is 13.5. The van der Waals surface area contributed by atoms with Gasteiger partial charge in [0.1, 0.15) is 0 Å². The van der Waals surface area contributed by atoms with Gasteiger partial charge >= 0.3 is 23.5 Å². The summed E-state index contributed by atoms with van der Waals surface area (Å²) in [6, 6.07) is 12.9. The lowest BCUT2D eigenvalue weighted by Crippen LogP contribution is -2.50. The third-order valence-electron chi connectivity index (χ3n) is 4.82. The number of carbonyl (C=O) groups excluding carboxylic acids is 4. The summed E-state index contributed by atoms with van der Waals surface area (Å²) in [5, 5.41) is 0.453. The van der Waals surface area contributed by atoms with E-state index in [1.807, 2.05) is 0 Å². The van der Waals surface area contributed by atoms with Crippen molar-refractivity contribution in [3.63, 3.8) is 0 Å². The summed E-state index contributed by atoms with van der Waals surface area (Å²) in [6.07, 6.45) is 0. The van der Waals surface area contributed by atoms with Crippen molar-refractivity contribution in [1.82, 2.24) is 4.98 Å². The molecule has 1 N–H and O–H groups in total. The molecule has 0 spiro atoms. The molecule has 0 unspecified atom stereocenters. The summed E-state index contributed by atoms with van der Waals surface area (Å²) in [5.41, 5.74) is -2.52. The van der Waals surface area contributed by atoms with Gasteiger partial charge in [-0.05, 0) is 19.9 Å². The lowest BCUT2D eigenvalue weighted by Gasteiger charge is -2.29. The number of hydrogen-bond donors (Lipinski definition) is 1. The molecule has 1 heterocycles. The van der Waals surface area contributed by atoms with E-state index in [0.29, 0.717) is 0 Å². The first kappa shape index (κ1) is 24.0. The molecule has 9 heteroatoms. The zero-order valence-electron chi connectivity index (χ0n) is 18.3. The summed E-state index contributed by atoms with van der Waals surface area (Å²) in [7, 11) is 0. The number of H-pyrrole nitrogens is 1. The molecule has 0 aliphatic heterocycles. The average molecular weight is 472 g/mol. The van der Waals surface area contributed by atoms with Crippen molar-refractivity contribution in [3.8, 4) is 0 Å². The van der Waals surface area contributed by atoms with Crippen LogP contribution in [0.3, 0.4) is 0 Å². The molecule has 0 radical (unpaired) electrons. The fourth-order valence-electron chi connectivity index (χ4n) is 3.55. The highest BCUT2D eigenvalue weighted by atomic mass is 35.5. The van der Waals surface area contributed by atoms with Crippen LogP contribution in [-0.2, 0) is 34.2 Å². The van der Waals surface area contributed by atoms with E-state index in [1.54, 1.807) is 48.5 Å². The molecule has 0 aliphatic carbocycles. The van der Waals surface area contributed by atoms with Crippen LogP contribution in [-0.4, -0.2) is 41.9 Å². The Kier molecular flexibility index (Phi) is 7.18. The van der Waals surface area contributed by atoms with Crippen molar-refractivity contribution in [2.45, 2.75) is 26.4 Å². The molecule has 0 aliphatic rings. The molecule has 0 saturated heterocycles. The van der Waals surface area contributed by atoms with E-state index in [9.17, 15) is 19.2 Å². The third kappa shape index (κ3) is 4.34. The fourth-order valence-corrected chi connectivity index (χ4v) is 3.78. The second-order valence-electron chi connectivity index (χ2n) is 6.95. The third-order valence-corrected chi connectivity index (χ3v) is 5.14. The lowest BCUT2D eigenvalue weighted by atomic mass is 9.88. The minimum absolute atomic E-state index is 0.119. The van der Waals surface area contributed by atoms with Crippen LogP contribution in [0, 0.1) is 0 Å². The number of halogens is 1. The first-order valence-corrected chi connectivity index (χ1v) is 10.6. The molecule has 33 heavy (non-hydrogen) atoms. The molecule has 2 aromatic carbocycles. The van der Waals surface area contributed by atoms with Gasteiger partial charge in [-0.15, -0.1) is 0 Å². The van der Waals surface area contributed by atoms with Crippen molar-refractivity contribution in [2.24, 2.45) is 0 Å². The van der Waals surface area contributed by atoms with Crippen LogP contribution in [0.1, 0.15) is 42.4 Å². The van der Waals surface area contributed by atoms with E-state index in [-0.39, 0.29) is 46.0 Å². The molecule has 3 rings (SSSR count). The van der Waals surface area contributed by atoms with Gasteiger partial charge in [0, 0.05) is 17.9 Å². The smallest absolute Gasteiger partial charge is 0.367 e. The molecule has 0 bridgehead atoms. The van der Waals surface area contributed by atoms with Crippen LogP contribution < -0.4 is 0 Å². The van der Waals surface area contributed by atoms with Gasteiger partial charge in [0.15, 0.2) is 0 Å². The van der Waals surface area contributed by atoms with E-state index in [2.05, 4.69) is 4.98 Å². The Morgan fingerprint density at radius 1 is 0.909 bits per heavy atom. The van der Waals surface area contributed by atoms with Gasteiger partial charge in [0.25, 0.3) is 0 Å². The Morgan fingerprint density at radius 3 is 2.06 bits per heavy atom. The van der Waals surface area contributed by atoms with Crippen LogP contribution in [0.15, 0.2) is 48.5 Å². The number of rotatable bonds is 8. The standard InChI is InChI=1S/C24H22ClNO7/c1-4-31-22(29)24(33-14(3)27,23(30)32-5-2)18-16-12-9-13-17(25)19(16)26-20(18)21(28)15-10-7-6-8-11-15/h6-13,26H,4-5H2,1-3H3. The molecule has 172 valence electrons. The molecular formula is C24H22ClNO7. The van der Waals surface area contributed by atoms with E-state index in [0.717, 1.165) is 6.92 Å². The number of aromatic amines is 1. The van der Waals surface area contributed by atoms with E-state index in [4.69, 9.17) is 25.8 Å². The van der Waals surface area contributed by atoms with E-state index >= 15 is 0 Å². The van der Waals surface area contributed by atoms with Crippen molar-refractivity contribution in [2.75, 3.05) is 13.2 Å². The Hall–Kier alpha value is -3.65. The number of esters is 3. The van der Waals surface area contributed by atoms with Crippen molar-refractivity contribution in [3.05, 3.63) is 70.4 Å². The average Bonchev–Trinajstić information content (AvgIpc) is 3.19. The van der Waals surface area contributed by atoms with Gasteiger partial charge in [-0.25, -0.2) is 9.59 Å². The number of ether oxygens (including phenoxy) is 3. The second kappa shape index (κ2) is 9.87. The van der Waals surface area contributed by atoms with E-state index < -0.39 is 29.3 Å². The second-order valence-corrected chi connectivity index (χ2v) is 7.36. The lowest BCUT2D eigenvalue weighted by molar-refractivity contribution is -0.197. The summed E-state index contributed by atoms with van der Waals surface area (Å²) < 4.78 is 15.7. The topological polar surface area (TPSA) is 112 Å². The number of hydrogen-bond acceptors (Lipinski definition) is 7. The first-order chi connectivity index (χ1) is 15.8. The number of nitrogens with one attached hydrogen (secondary N) is 1. The number of aromatic nitrogens is 1. The van der Waals surface area contributed by atoms with Crippen LogP contribution in [0.25, 0.3) is 10.9 Å². The highest BCUT2D eigenvalue weighted by molar-refractivity contribution is 6.35. The Morgan fingerprint density at radius 2 is 1.52 bits per heavy atom. The molecule has 3 aromatic rings. The predicted octanol–water partition coefficient (Wildman–Crippen LogP) is 3.94. The minimum atomic E-state index is -2.69. The zero-order chi connectivity index (χ0) is 24.2. The summed E-state index contributed by atoms with van der Waals surface area (Å²) in [4.78, 5) is 55.2. The van der Waals surface area contributed by atoms with Crippen molar-refractivity contribution in [1.29, 1.82) is 0 Å². The number of benzene rings is 2. The van der Waals surface area contributed by atoms with Crippen LogP contribution in [0.5, 0.6) is 0 Å². The highest BCUT2D eigenvalue weighted by Crippen LogP contribution is 2.40. The number of carbonyl (C=O) groups is 4. The number of fused-ring (bicyclic) bond motifs is 1. The van der Waals surface area contributed by atoms with Crippen molar-refractivity contribution < 1.29 is 33.4 Å². The normalized spacial score (nSPS) is 11.2. The fraction of sp³-hybridized carbons (Fsp3) is 0.250. The summed E-state index contributed by atoms with van der Waals surface area (Å²) in [5.74, 6) is -3.89. The zero-order valence-corrected chi connectivity index (χ0v) is 19.0. The Bertz CT molecular complexity index is 1200. The first-order valence-electron chi connectivity index (χ1n) is 10.2. The quantitative estimate of drug-likeness (QED) is 0.229. The largest absolute Gasteiger partial charge is 0.462 e. The van der Waals surface area contributed by atoms with Gasteiger partial charge in [0.2, 0.25) is 5.78 Å². The van der Waals surface area contributed by atoms with Gasteiger partial charge in [-0.1, -0.05) is 54.1 Å². The maximum Gasteiger partial charge on any atom is 0.367 e. The number of ketones is 1. The van der Waals surface area contributed by atoms with Crippen LogP contribution >= 0.6 is 11.6 Å². The maximum atomic E-state index is 13.5. The van der Waals surface area contributed by atoms with Gasteiger partial charge in [0.05, 0.1) is 35.0 Å². The Balaban J connectivity index is 2.46. The highest BCUT2D eigenvalue weighted by Gasteiger charge is 2.58. The molecule has 1 aromatic heterocycles. The SMILES string of the molecule is CCOC(=O)C(OC(C)=O)(C(=O)OCC)c1c(C(=O)c2ccccc2)[nH]c2c(Cl)cccc12. The van der Waals surface area contributed by atoms with Gasteiger partial charge in [-0.2, -0.15) is 0 Å². The molecule has 8 nitrogen and oxygen atoms in total. The molecule has 0 saturated carbocycles. The summed E-state index contributed by atoms with van der Waals surface area (Å²) in [6.45, 7) is 3.86. The van der Waals surface area contributed by atoms with Crippen LogP contribution in [0.2, 0.25) is 5.02 Å². The predicted molar refractivity (Wildman–Crippen MR) is 120 cm³/mol. The minimum Gasteiger partial charge on any atom is -0.462 e. The van der Waals surface area contributed by atoms with Gasteiger partial charge < -0.3 is 19.2 Å². The monoisotopic (exact) mass is 471 g/mol. The molecule has 0 atom stereocenters. The van der Waals surface area contributed by atoms with E-state index in [1.165, 1.54) is 13.8 Å².